The van der Waals surface area contributed by atoms with Crippen molar-refractivity contribution in [2.75, 3.05) is 6.26 Å². The summed E-state index contributed by atoms with van der Waals surface area (Å²) in [5.74, 6) is -1.73. The summed E-state index contributed by atoms with van der Waals surface area (Å²) in [4.78, 5) is -0.141. The van der Waals surface area contributed by atoms with Crippen molar-refractivity contribution in [3.8, 4) is 17.6 Å². The molecule has 1 heterocycles. The Bertz CT molecular complexity index is 1100. The van der Waals surface area contributed by atoms with Gasteiger partial charge in [0, 0.05) is 12.3 Å². The van der Waals surface area contributed by atoms with Gasteiger partial charge < -0.3 is 4.74 Å². The van der Waals surface area contributed by atoms with Crippen LogP contribution in [0.3, 0.4) is 0 Å². The lowest BCUT2D eigenvalue weighted by Gasteiger charge is -2.09. The lowest BCUT2D eigenvalue weighted by atomic mass is 10.2. The third kappa shape index (κ3) is 2.79. The number of nitriles is 1. The highest BCUT2D eigenvalue weighted by Crippen LogP contribution is 2.34. The number of halogens is 2. The summed E-state index contributed by atoms with van der Waals surface area (Å²) < 4.78 is 56.4. The lowest BCUT2D eigenvalue weighted by Crippen LogP contribution is -1.99. The van der Waals surface area contributed by atoms with Crippen molar-refractivity contribution < 1.29 is 21.9 Å². The number of nitrogens with one attached hydrogen (secondary N) is 1. The van der Waals surface area contributed by atoms with E-state index in [4.69, 9.17) is 10.00 Å². The number of benzene rings is 2. The largest absolute Gasteiger partial charge is 0.456 e. The van der Waals surface area contributed by atoms with Gasteiger partial charge in [-0.25, -0.2) is 12.8 Å². The molecule has 0 atom stereocenters. The molecule has 122 valence electrons. The number of hydrogen-bond acceptors (Lipinski definition) is 5. The fourth-order valence-corrected chi connectivity index (χ4v) is 3.08. The fraction of sp³-hybridized carbons (Fsp3) is 0.0667. The molecule has 0 bridgehead atoms. The summed E-state index contributed by atoms with van der Waals surface area (Å²) in [6.45, 7) is 0. The predicted octanol–water partition coefficient (Wildman–Crippen LogP) is 2.91. The molecule has 24 heavy (non-hydrogen) atoms. The second-order valence-corrected chi connectivity index (χ2v) is 6.97. The molecule has 0 aliphatic rings. The SMILES string of the molecule is CS(=O)(=O)c1ccc(Oc2cc(F)cc(C#N)c2)c2c(F)n[nH]c12. The smallest absolute Gasteiger partial charge is 0.244 e. The van der Waals surface area contributed by atoms with Crippen LogP contribution in [0.2, 0.25) is 0 Å². The van der Waals surface area contributed by atoms with Crippen LogP contribution in [0, 0.1) is 23.1 Å². The molecule has 2 aromatic carbocycles. The van der Waals surface area contributed by atoms with Gasteiger partial charge in [0.2, 0.25) is 5.95 Å². The second-order valence-electron chi connectivity index (χ2n) is 4.99. The number of rotatable bonds is 3. The minimum atomic E-state index is -3.62. The summed E-state index contributed by atoms with van der Waals surface area (Å²) in [5, 5.41) is 14.3. The summed E-state index contributed by atoms with van der Waals surface area (Å²) in [6, 6.07) is 7.57. The second kappa shape index (κ2) is 5.58. The Hall–Kier alpha value is -2.99. The number of H-pyrrole nitrogens is 1. The average molecular weight is 349 g/mol. The van der Waals surface area contributed by atoms with Crippen LogP contribution >= 0.6 is 0 Å². The van der Waals surface area contributed by atoms with E-state index >= 15 is 0 Å². The predicted molar refractivity (Wildman–Crippen MR) is 80.4 cm³/mol. The minimum absolute atomic E-state index is 0.0273. The van der Waals surface area contributed by atoms with E-state index in [-0.39, 0.29) is 32.9 Å². The van der Waals surface area contributed by atoms with Crippen LogP contribution in [0.5, 0.6) is 11.5 Å². The Kier molecular flexibility index (Phi) is 3.69. The number of ether oxygens (including phenoxy) is 1. The van der Waals surface area contributed by atoms with Gasteiger partial charge in [-0.1, -0.05) is 0 Å². The van der Waals surface area contributed by atoms with Crippen molar-refractivity contribution >= 4 is 20.7 Å². The standard InChI is InChI=1S/C15H9F2N3O3S/c1-24(21,22)12-3-2-11(13-14(12)19-20-15(13)17)23-10-5-8(7-18)4-9(16)6-10/h2-6H,1H3,(H,19,20). The molecule has 0 amide bonds. The van der Waals surface area contributed by atoms with E-state index in [2.05, 4.69) is 10.2 Å². The van der Waals surface area contributed by atoms with E-state index < -0.39 is 21.6 Å². The highest BCUT2D eigenvalue weighted by molar-refractivity contribution is 7.91. The summed E-state index contributed by atoms with van der Waals surface area (Å²) >= 11 is 0. The van der Waals surface area contributed by atoms with Crippen LogP contribution in [0.25, 0.3) is 10.9 Å². The fourth-order valence-electron chi connectivity index (χ4n) is 2.25. The van der Waals surface area contributed by atoms with Gasteiger partial charge in [0.25, 0.3) is 0 Å². The molecule has 0 saturated heterocycles. The van der Waals surface area contributed by atoms with Crippen LogP contribution in [0.1, 0.15) is 5.56 Å². The van der Waals surface area contributed by atoms with Gasteiger partial charge in [0.15, 0.2) is 9.84 Å². The molecule has 0 spiro atoms. The third-order valence-electron chi connectivity index (χ3n) is 3.23. The van der Waals surface area contributed by atoms with Crippen LogP contribution in [-0.2, 0) is 9.84 Å². The normalized spacial score (nSPS) is 11.4. The molecule has 0 aliphatic carbocycles. The summed E-state index contributed by atoms with van der Waals surface area (Å²) in [6.07, 6.45) is 0.979. The first kappa shape index (κ1) is 15.9. The molecule has 0 fully saturated rings. The molecule has 3 rings (SSSR count). The molecule has 0 radical (unpaired) electrons. The maximum Gasteiger partial charge on any atom is 0.244 e. The van der Waals surface area contributed by atoms with Gasteiger partial charge in [-0.05, 0) is 24.3 Å². The Morgan fingerprint density at radius 1 is 1.25 bits per heavy atom. The molecular weight excluding hydrogens is 340 g/mol. The number of aromatic amines is 1. The van der Waals surface area contributed by atoms with Gasteiger partial charge >= 0.3 is 0 Å². The quantitative estimate of drug-likeness (QED) is 0.784. The number of aromatic nitrogens is 2. The molecule has 6 nitrogen and oxygen atoms in total. The Morgan fingerprint density at radius 2 is 2.00 bits per heavy atom. The van der Waals surface area contributed by atoms with Crippen LogP contribution in [-0.4, -0.2) is 24.9 Å². The van der Waals surface area contributed by atoms with E-state index in [0.717, 1.165) is 18.4 Å². The van der Waals surface area contributed by atoms with Crippen molar-refractivity contribution in [1.82, 2.24) is 10.2 Å². The van der Waals surface area contributed by atoms with E-state index in [1.165, 1.54) is 18.2 Å². The molecule has 9 heteroatoms. The molecular formula is C15H9F2N3O3S. The van der Waals surface area contributed by atoms with E-state index in [1.807, 2.05) is 0 Å². The van der Waals surface area contributed by atoms with Gasteiger partial charge in [0.1, 0.15) is 22.7 Å². The minimum Gasteiger partial charge on any atom is -0.456 e. The topological polar surface area (TPSA) is 95.8 Å². The molecule has 1 N–H and O–H groups in total. The number of sulfone groups is 1. The highest BCUT2D eigenvalue weighted by atomic mass is 32.2. The van der Waals surface area contributed by atoms with E-state index in [9.17, 15) is 17.2 Å². The Morgan fingerprint density at radius 3 is 2.67 bits per heavy atom. The molecule has 0 saturated carbocycles. The van der Waals surface area contributed by atoms with Gasteiger partial charge in [-0.3, -0.25) is 5.10 Å². The summed E-state index contributed by atoms with van der Waals surface area (Å²) in [7, 11) is -3.62. The molecule has 3 aromatic rings. The van der Waals surface area contributed by atoms with E-state index in [1.54, 1.807) is 6.07 Å². The zero-order valence-corrected chi connectivity index (χ0v) is 13.0. The first-order chi connectivity index (χ1) is 11.3. The molecule has 0 unspecified atom stereocenters. The van der Waals surface area contributed by atoms with Gasteiger partial charge in [-0.2, -0.15) is 9.65 Å². The Balaban J connectivity index is 2.17. The van der Waals surface area contributed by atoms with Crippen LogP contribution < -0.4 is 4.74 Å². The van der Waals surface area contributed by atoms with Gasteiger partial charge in [0.05, 0.1) is 22.0 Å². The number of fused-ring (bicyclic) bond motifs is 1. The first-order valence-corrected chi connectivity index (χ1v) is 8.44. The maximum atomic E-state index is 14.0. The average Bonchev–Trinajstić information content (AvgIpc) is 2.88. The van der Waals surface area contributed by atoms with Gasteiger partial charge in [-0.15, -0.1) is 5.10 Å². The molecule has 1 aromatic heterocycles. The first-order valence-electron chi connectivity index (χ1n) is 6.55. The van der Waals surface area contributed by atoms with Crippen molar-refractivity contribution in [1.29, 1.82) is 5.26 Å². The van der Waals surface area contributed by atoms with Crippen molar-refractivity contribution in [2.24, 2.45) is 0 Å². The monoisotopic (exact) mass is 349 g/mol. The van der Waals surface area contributed by atoms with Crippen molar-refractivity contribution in [3.63, 3.8) is 0 Å². The zero-order chi connectivity index (χ0) is 17.5. The summed E-state index contributed by atoms with van der Waals surface area (Å²) in [5.41, 5.74) is -0.0222. The van der Waals surface area contributed by atoms with E-state index in [0.29, 0.717) is 0 Å². The number of nitrogens with zero attached hydrogens (tertiary/aromatic N) is 2. The zero-order valence-electron chi connectivity index (χ0n) is 12.2. The van der Waals surface area contributed by atoms with Crippen molar-refractivity contribution in [2.45, 2.75) is 4.90 Å². The van der Waals surface area contributed by atoms with Crippen molar-refractivity contribution in [3.05, 3.63) is 47.7 Å². The molecule has 0 aliphatic heterocycles. The Labute approximate surface area is 135 Å². The van der Waals surface area contributed by atoms with Crippen LogP contribution in [0.4, 0.5) is 8.78 Å². The maximum absolute atomic E-state index is 14.0. The highest BCUT2D eigenvalue weighted by Gasteiger charge is 2.20. The third-order valence-corrected chi connectivity index (χ3v) is 4.37. The van der Waals surface area contributed by atoms with Crippen LogP contribution in [0.15, 0.2) is 35.2 Å². The number of hydrogen-bond donors (Lipinski definition) is 1. The lowest BCUT2D eigenvalue weighted by molar-refractivity contribution is 0.478.